The molecule has 0 spiro atoms. The van der Waals surface area contributed by atoms with Crippen molar-refractivity contribution in [1.82, 2.24) is 9.80 Å². The number of imide groups is 1. The topological polar surface area (TPSA) is 107 Å². The van der Waals surface area contributed by atoms with Crippen molar-refractivity contribution >= 4 is 52.4 Å². The molecule has 1 aromatic heterocycles. The van der Waals surface area contributed by atoms with Crippen LogP contribution in [-0.4, -0.2) is 58.4 Å². The van der Waals surface area contributed by atoms with Crippen LogP contribution in [0.4, 0.5) is 10.5 Å². The van der Waals surface area contributed by atoms with Gasteiger partial charge in [-0.3, -0.25) is 19.3 Å². The van der Waals surface area contributed by atoms with Crippen LogP contribution in [0.25, 0.3) is 0 Å². The Bertz CT molecular complexity index is 1090. The van der Waals surface area contributed by atoms with E-state index in [9.17, 15) is 19.2 Å². The highest BCUT2D eigenvalue weighted by molar-refractivity contribution is 7.18. The highest BCUT2D eigenvalue weighted by Gasteiger charge is 2.39. The van der Waals surface area contributed by atoms with Gasteiger partial charge in [0, 0.05) is 19.6 Å². The Morgan fingerprint density at radius 2 is 1.88 bits per heavy atom. The second kappa shape index (κ2) is 8.91. The van der Waals surface area contributed by atoms with E-state index < -0.39 is 17.9 Å². The van der Waals surface area contributed by atoms with Crippen molar-refractivity contribution in [2.45, 2.75) is 31.7 Å². The van der Waals surface area contributed by atoms with Gasteiger partial charge < -0.3 is 15.3 Å². The summed E-state index contributed by atoms with van der Waals surface area (Å²) < 4.78 is 0.482. The maximum atomic E-state index is 13.1. The third kappa shape index (κ3) is 4.22. The second-order valence-corrected chi connectivity index (χ2v) is 9.79. The molecule has 0 saturated heterocycles. The number of benzene rings is 1. The summed E-state index contributed by atoms with van der Waals surface area (Å²) >= 11 is 7.03. The van der Waals surface area contributed by atoms with Gasteiger partial charge in [0.15, 0.2) is 0 Å². The number of nitrogens with one attached hydrogen (secondary N) is 1. The standard InChI is InChI=1S/C22H22ClN3O5S/c1-25(22(30)31)13-7-5-12(6-8-13)11-26-20(28)14-3-2-4-15(18(14)21(26)29)24-19(27)16-9-10-17(23)32-16/h2-4,9-10,12-13H,5-8,11H2,1H3,(H,24,27)(H,30,31)/t12-,13-. The summed E-state index contributed by atoms with van der Waals surface area (Å²) in [4.78, 5) is 52.8. The smallest absolute Gasteiger partial charge is 0.407 e. The van der Waals surface area contributed by atoms with Crippen molar-refractivity contribution in [3.63, 3.8) is 0 Å². The summed E-state index contributed by atoms with van der Waals surface area (Å²) in [7, 11) is 1.57. The number of nitrogens with zero attached hydrogens (tertiary/aromatic N) is 2. The van der Waals surface area contributed by atoms with Crippen molar-refractivity contribution in [3.05, 3.63) is 50.7 Å². The number of thiophene rings is 1. The molecule has 1 aliphatic heterocycles. The van der Waals surface area contributed by atoms with Gasteiger partial charge in [-0.25, -0.2) is 4.79 Å². The molecular weight excluding hydrogens is 454 g/mol. The summed E-state index contributed by atoms with van der Waals surface area (Å²) in [6.45, 7) is 0.282. The van der Waals surface area contributed by atoms with E-state index in [4.69, 9.17) is 16.7 Å². The lowest BCUT2D eigenvalue weighted by Gasteiger charge is -2.34. The van der Waals surface area contributed by atoms with Gasteiger partial charge in [0.05, 0.1) is 26.0 Å². The highest BCUT2D eigenvalue weighted by Crippen LogP contribution is 2.34. The Hall–Kier alpha value is -2.91. The molecule has 0 radical (unpaired) electrons. The Labute approximate surface area is 193 Å². The molecule has 4 amide bonds. The molecule has 1 fully saturated rings. The normalized spacial score (nSPS) is 20.2. The zero-order valence-corrected chi connectivity index (χ0v) is 18.9. The van der Waals surface area contributed by atoms with E-state index >= 15 is 0 Å². The molecule has 2 heterocycles. The molecule has 0 unspecified atom stereocenters. The molecule has 32 heavy (non-hydrogen) atoms. The molecule has 2 aliphatic rings. The lowest BCUT2D eigenvalue weighted by molar-refractivity contribution is 0.0602. The summed E-state index contributed by atoms with van der Waals surface area (Å²) in [6.07, 6.45) is 1.91. The maximum absolute atomic E-state index is 13.1. The predicted octanol–water partition coefficient (Wildman–Crippen LogP) is 4.42. The third-order valence-electron chi connectivity index (χ3n) is 6.15. The van der Waals surface area contributed by atoms with Gasteiger partial charge in [-0.15, -0.1) is 11.3 Å². The van der Waals surface area contributed by atoms with Crippen LogP contribution in [0.15, 0.2) is 30.3 Å². The minimum atomic E-state index is -0.951. The summed E-state index contributed by atoms with van der Waals surface area (Å²) in [6, 6.07) is 8.01. The van der Waals surface area contributed by atoms with Crippen molar-refractivity contribution in [3.8, 4) is 0 Å². The van der Waals surface area contributed by atoms with Crippen molar-refractivity contribution in [2.75, 3.05) is 18.9 Å². The molecule has 2 aromatic rings. The predicted molar refractivity (Wildman–Crippen MR) is 121 cm³/mol. The van der Waals surface area contributed by atoms with Crippen LogP contribution in [0.5, 0.6) is 0 Å². The summed E-state index contributed by atoms with van der Waals surface area (Å²) in [5.41, 5.74) is 0.772. The first kappa shape index (κ1) is 22.3. The summed E-state index contributed by atoms with van der Waals surface area (Å²) in [5, 5.41) is 11.9. The lowest BCUT2D eigenvalue weighted by Crippen LogP contribution is -2.41. The zero-order valence-electron chi connectivity index (χ0n) is 17.3. The fraction of sp³-hybridized carbons (Fsp3) is 0.364. The minimum Gasteiger partial charge on any atom is -0.465 e. The van der Waals surface area contributed by atoms with E-state index in [-0.39, 0.29) is 35.5 Å². The van der Waals surface area contributed by atoms with Crippen LogP contribution in [0, 0.1) is 5.92 Å². The molecule has 1 aromatic carbocycles. The molecule has 2 N–H and O–H groups in total. The van der Waals surface area contributed by atoms with Gasteiger partial charge in [-0.1, -0.05) is 17.7 Å². The Morgan fingerprint density at radius 1 is 1.16 bits per heavy atom. The van der Waals surface area contributed by atoms with E-state index in [1.54, 1.807) is 37.4 Å². The van der Waals surface area contributed by atoms with Gasteiger partial charge in [0.1, 0.15) is 0 Å². The van der Waals surface area contributed by atoms with Crippen LogP contribution in [-0.2, 0) is 0 Å². The molecule has 10 heteroatoms. The van der Waals surface area contributed by atoms with Crippen molar-refractivity contribution < 1.29 is 24.3 Å². The maximum Gasteiger partial charge on any atom is 0.407 e. The third-order valence-corrected chi connectivity index (χ3v) is 7.38. The van der Waals surface area contributed by atoms with Crippen LogP contribution in [0.1, 0.15) is 56.1 Å². The first-order valence-electron chi connectivity index (χ1n) is 10.3. The molecule has 0 atom stereocenters. The molecular formula is C22H22ClN3O5S. The fourth-order valence-electron chi connectivity index (χ4n) is 4.35. The number of rotatable bonds is 5. The first-order valence-corrected chi connectivity index (χ1v) is 11.5. The zero-order chi connectivity index (χ0) is 23.0. The number of amides is 4. The Kier molecular flexibility index (Phi) is 6.21. The highest BCUT2D eigenvalue weighted by atomic mass is 35.5. The number of carbonyl (C=O) groups is 4. The van der Waals surface area contributed by atoms with Gasteiger partial charge in [0.25, 0.3) is 17.7 Å². The quantitative estimate of drug-likeness (QED) is 0.622. The van der Waals surface area contributed by atoms with Crippen LogP contribution in [0.2, 0.25) is 4.34 Å². The second-order valence-electron chi connectivity index (χ2n) is 8.07. The average Bonchev–Trinajstić information content (AvgIpc) is 3.31. The summed E-state index contributed by atoms with van der Waals surface area (Å²) in [5.74, 6) is -1.07. The Morgan fingerprint density at radius 3 is 2.50 bits per heavy atom. The number of fused-ring (bicyclic) bond motifs is 1. The average molecular weight is 476 g/mol. The first-order chi connectivity index (χ1) is 15.3. The molecule has 8 nitrogen and oxygen atoms in total. The van der Waals surface area contributed by atoms with Crippen molar-refractivity contribution in [2.24, 2.45) is 5.92 Å². The fourth-order valence-corrected chi connectivity index (χ4v) is 5.29. The monoisotopic (exact) mass is 475 g/mol. The Balaban J connectivity index is 1.46. The van der Waals surface area contributed by atoms with E-state index in [1.807, 2.05) is 0 Å². The largest absolute Gasteiger partial charge is 0.465 e. The van der Waals surface area contributed by atoms with Crippen molar-refractivity contribution in [1.29, 1.82) is 0 Å². The van der Waals surface area contributed by atoms with Gasteiger partial charge in [0.2, 0.25) is 0 Å². The molecule has 1 aliphatic carbocycles. The number of hydrogen-bond acceptors (Lipinski definition) is 5. The number of carboxylic acid groups (broad SMARTS) is 1. The van der Waals surface area contributed by atoms with E-state index in [0.29, 0.717) is 27.7 Å². The molecule has 168 valence electrons. The van der Waals surface area contributed by atoms with E-state index in [1.165, 1.54) is 9.80 Å². The number of anilines is 1. The van der Waals surface area contributed by atoms with Gasteiger partial charge in [-0.05, 0) is 55.9 Å². The minimum absolute atomic E-state index is 0.0431. The number of hydrogen-bond donors (Lipinski definition) is 2. The van der Waals surface area contributed by atoms with Gasteiger partial charge >= 0.3 is 6.09 Å². The molecule has 0 bridgehead atoms. The van der Waals surface area contributed by atoms with Crippen LogP contribution in [0.3, 0.4) is 0 Å². The SMILES string of the molecule is CN(C(=O)O)[C@H]1CC[C@H](CN2C(=O)c3cccc(NC(=O)c4ccc(Cl)s4)c3C2=O)CC1. The van der Waals surface area contributed by atoms with Gasteiger partial charge in [-0.2, -0.15) is 0 Å². The molecule has 4 rings (SSSR count). The van der Waals surface area contributed by atoms with E-state index in [0.717, 1.165) is 24.2 Å². The molecule has 1 saturated carbocycles. The van der Waals surface area contributed by atoms with E-state index in [2.05, 4.69) is 5.32 Å². The number of halogens is 1. The van der Waals surface area contributed by atoms with Crippen LogP contribution >= 0.6 is 22.9 Å². The number of carbonyl (C=O) groups excluding carboxylic acids is 3. The lowest BCUT2D eigenvalue weighted by atomic mass is 9.85. The van der Waals surface area contributed by atoms with Crippen LogP contribution < -0.4 is 5.32 Å².